The molecule has 0 spiro atoms. The summed E-state index contributed by atoms with van der Waals surface area (Å²) in [6.45, 7) is 2.59. The normalized spacial score (nSPS) is 19.3. The van der Waals surface area contributed by atoms with Crippen molar-refractivity contribution in [3.05, 3.63) is 114 Å². The number of hydroxylamine groups is 1. The molecule has 4 aromatic carbocycles. The average molecular weight is 579 g/mol. The lowest BCUT2D eigenvalue weighted by Gasteiger charge is -2.29. The monoisotopic (exact) mass is 578 g/mol. The summed E-state index contributed by atoms with van der Waals surface area (Å²) in [6.07, 6.45) is -0.165. The van der Waals surface area contributed by atoms with Gasteiger partial charge in [0.15, 0.2) is 17.6 Å². The van der Waals surface area contributed by atoms with Gasteiger partial charge in [0, 0.05) is 0 Å². The van der Waals surface area contributed by atoms with E-state index in [1.807, 2.05) is 43.3 Å². The van der Waals surface area contributed by atoms with Gasteiger partial charge in [-0.25, -0.2) is 14.8 Å². The van der Waals surface area contributed by atoms with Gasteiger partial charge in [0.05, 0.1) is 36.7 Å². The van der Waals surface area contributed by atoms with Crippen molar-refractivity contribution < 1.29 is 33.4 Å². The van der Waals surface area contributed by atoms with Crippen LogP contribution in [0, 0.1) is 5.92 Å². The number of anilines is 2. The maximum Gasteiger partial charge on any atom is 0.343 e. The lowest BCUT2D eigenvalue weighted by Crippen LogP contribution is -2.37. The summed E-state index contributed by atoms with van der Waals surface area (Å²) in [6, 6.07) is 29.2. The Morgan fingerprint density at radius 3 is 2.19 bits per heavy atom. The Labute approximate surface area is 249 Å². The van der Waals surface area contributed by atoms with Crippen LogP contribution in [0.4, 0.5) is 11.4 Å². The van der Waals surface area contributed by atoms with E-state index in [-0.39, 0.29) is 11.7 Å². The number of imide groups is 1. The molecule has 0 saturated carbocycles. The molecule has 0 radical (unpaired) electrons. The fourth-order valence-corrected chi connectivity index (χ4v) is 5.40. The second kappa shape index (κ2) is 12.0. The Balaban J connectivity index is 1.34. The van der Waals surface area contributed by atoms with E-state index in [4.69, 9.17) is 19.0 Å². The van der Waals surface area contributed by atoms with Crippen LogP contribution in [-0.4, -0.2) is 37.6 Å². The lowest BCUT2D eigenvalue weighted by atomic mass is 9.90. The van der Waals surface area contributed by atoms with Gasteiger partial charge in [0.25, 0.3) is 5.91 Å². The van der Waals surface area contributed by atoms with Crippen LogP contribution >= 0.6 is 0 Å². The van der Waals surface area contributed by atoms with E-state index >= 15 is 0 Å². The fraction of sp³-hybridized carbons (Fsp3) is 0.206. The van der Waals surface area contributed by atoms with Gasteiger partial charge in [-0.15, -0.1) is 0 Å². The van der Waals surface area contributed by atoms with Crippen molar-refractivity contribution in [1.29, 1.82) is 0 Å². The predicted molar refractivity (Wildman–Crippen MR) is 159 cm³/mol. The predicted octanol–water partition coefficient (Wildman–Crippen LogP) is 5.75. The maximum atomic E-state index is 14.0. The Hall–Kier alpha value is -5.15. The van der Waals surface area contributed by atoms with Crippen molar-refractivity contribution in [2.75, 3.05) is 23.7 Å². The van der Waals surface area contributed by atoms with E-state index < -0.39 is 29.9 Å². The van der Waals surface area contributed by atoms with Crippen molar-refractivity contribution in [3.63, 3.8) is 0 Å². The molecule has 43 heavy (non-hydrogen) atoms. The van der Waals surface area contributed by atoms with Gasteiger partial charge < -0.3 is 14.2 Å². The van der Waals surface area contributed by atoms with Gasteiger partial charge in [-0.2, -0.15) is 0 Å². The minimum atomic E-state index is -1.03. The van der Waals surface area contributed by atoms with Crippen LogP contribution < -0.4 is 24.2 Å². The van der Waals surface area contributed by atoms with Crippen LogP contribution in [0.25, 0.3) is 0 Å². The van der Waals surface area contributed by atoms with E-state index in [2.05, 4.69) is 0 Å². The first-order chi connectivity index (χ1) is 21.0. The fourth-order valence-electron chi connectivity index (χ4n) is 5.40. The Kier molecular flexibility index (Phi) is 7.81. The van der Waals surface area contributed by atoms with E-state index in [0.717, 1.165) is 6.42 Å². The zero-order valence-corrected chi connectivity index (χ0v) is 23.7. The zero-order valence-electron chi connectivity index (χ0n) is 23.7. The molecule has 6 rings (SSSR count). The van der Waals surface area contributed by atoms with Crippen LogP contribution in [0.2, 0.25) is 0 Å². The highest BCUT2D eigenvalue weighted by molar-refractivity contribution is 6.24. The highest BCUT2D eigenvalue weighted by Gasteiger charge is 2.60. The first-order valence-corrected chi connectivity index (χ1v) is 14.1. The van der Waals surface area contributed by atoms with Crippen molar-refractivity contribution in [2.45, 2.75) is 25.5 Å². The molecule has 9 heteroatoms. The van der Waals surface area contributed by atoms with Crippen molar-refractivity contribution >= 4 is 29.2 Å². The molecular formula is C34H30N2O7. The highest BCUT2D eigenvalue weighted by atomic mass is 16.7. The summed E-state index contributed by atoms with van der Waals surface area (Å²) in [7, 11) is 1.47. The van der Waals surface area contributed by atoms with Gasteiger partial charge in [-0.3, -0.25) is 14.4 Å². The average Bonchev–Trinajstić information content (AvgIpc) is 3.56. The lowest BCUT2D eigenvalue weighted by molar-refractivity contribution is -0.126. The minimum Gasteiger partial charge on any atom is -0.494 e. The molecule has 3 atom stereocenters. The van der Waals surface area contributed by atoms with E-state index in [9.17, 15) is 14.4 Å². The van der Waals surface area contributed by atoms with Crippen LogP contribution in [0.15, 0.2) is 103 Å². The van der Waals surface area contributed by atoms with Gasteiger partial charge in [0.2, 0.25) is 5.91 Å². The van der Waals surface area contributed by atoms with Crippen molar-refractivity contribution in [3.8, 4) is 17.2 Å². The number of fused-ring (bicyclic) bond motifs is 1. The molecule has 9 nitrogen and oxygen atoms in total. The van der Waals surface area contributed by atoms with Gasteiger partial charge in [0.1, 0.15) is 11.7 Å². The topological polar surface area (TPSA) is 94.6 Å². The molecule has 0 aromatic heterocycles. The summed E-state index contributed by atoms with van der Waals surface area (Å²) in [5.41, 5.74) is 2.18. The van der Waals surface area contributed by atoms with Crippen molar-refractivity contribution in [1.82, 2.24) is 0 Å². The number of rotatable bonds is 9. The summed E-state index contributed by atoms with van der Waals surface area (Å²) >= 11 is 0. The molecule has 2 fully saturated rings. The molecule has 2 aliphatic rings. The molecule has 0 N–H and O–H groups in total. The number of para-hydroxylation sites is 1. The van der Waals surface area contributed by atoms with Gasteiger partial charge in [-0.05, 0) is 72.6 Å². The first-order valence-electron chi connectivity index (χ1n) is 14.1. The SMILES string of the molecule is CCCOc1ccc(N2C(=O)[C@@H]3[C@@H](c4ccc(OC(=O)c5ccccc5)c(OC)c4)N(c4ccccc4)O[C@H]3C2=O)cc1. The number of methoxy groups -OCH3 is 1. The van der Waals surface area contributed by atoms with Crippen LogP contribution in [0.5, 0.6) is 17.2 Å². The number of esters is 1. The molecule has 2 aliphatic heterocycles. The summed E-state index contributed by atoms with van der Waals surface area (Å²) in [4.78, 5) is 47.8. The second-order valence-corrected chi connectivity index (χ2v) is 10.2. The number of benzene rings is 4. The highest BCUT2D eigenvalue weighted by Crippen LogP contribution is 2.48. The molecular weight excluding hydrogens is 548 g/mol. The van der Waals surface area contributed by atoms with Crippen LogP contribution in [0.3, 0.4) is 0 Å². The van der Waals surface area contributed by atoms with E-state index in [0.29, 0.717) is 40.6 Å². The third-order valence-electron chi connectivity index (χ3n) is 7.44. The zero-order chi connectivity index (χ0) is 29.9. The van der Waals surface area contributed by atoms with Crippen LogP contribution in [-0.2, 0) is 14.4 Å². The number of hydrogen-bond acceptors (Lipinski definition) is 8. The van der Waals surface area contributed by atoms with Crippen molar-refractivity contribution in [2.24, 2.45) is 5.92 Å². The number of carbonyl (C=O) groups excluding carboxylic acids is 3. The van der Waals surface area contributed by atoms with Gasteiger partial charge in [-0.1, -0.05) is 49.4 Å². The second-order valence-electron chi connectivity index (χ2n) is 10.2. The number of carbonyl (C=O) groups is 3. The first kappa shape index (κ1) is 28.0. The summed E-state index contributed by atoms with van der Waals surface area (Å²) in [5, 5.41) is 1.61. The quantitative estimate of drug-likeness (QED) is 0.141. The smallest absolute Gasteiger partial charge is 0.343 e. The molecule has 2 saturated heterocycles. The summed E-state index contributed by atoms with van der Waals surface area (Å²) in [5.74, 6) is -1.00. The maximum absolute atomic E-state index is 14.0. The Morgan fingerprint density at radius 1 is 0.814 bits per heavy atom. The largest absolute Gasteiger partial charge is 0.494 e. The molecule has 0 unspecified atom stereocenters. The molecule has 218 valence electrons. The third kappa shape index (κ3) is 5.30. The molecule has 2 amide bonds. The number of hydrogen-bond donors (Lipinski definition) is 0. The number of ether oxygens (including phenoxy) is 3. The minimum absolute atomic E-state index is 0.225. The third-order valence-corrected chi connectivity index (χ3v) is 7.44. The molecule has 4 aromatic rings. The Bertz CT molecular complexity index is 1630. The van der Waals surface area contributed by atoms with Gasteiger partial charge >= 0.3 is 5.97 Å². The summed E-state index contributed by atoms with van der Waals surface area (Å²) < 4.78 is 16.9. The van der Waals surface area contributed by atoms with Crippen LogP contribution in [0.1, 0.15) is 35.3 Å². The molecule has 0 bridgehead atoms. The Morgan fingerprint density at radius 2 is 1.51 bits per heavy atom. The standard InChI is InChI=1S/C34H30N2O7/c1-3-20-41-26-17-15-24(16-18-26)35-32(37)29-30(36(43-31(29)33(35)38)25-12-8-5-9-13-25)23-14-19-27(28(21-23)40-2)42-34(39)22-10-6-4-7-11-22/h4-19,21,29-31H,3,20H2,1-2H3/t29-,30-,31-/m1/s1. The van der Waals surface area contributed by atoms with E-state index in [1.54, 1.807) is 71.8 Å². The number of amides is 2. The molecule has 0 aliphatic carbocycles. The molecule has 2 heterocycles. The number of nitrogens with zero attached hydrogens (tertiary/aromatic N) is 2. The van der Waals surface area contributed by atoms with E-state index in [1.165, 1.54) is 12.0 Å².